The molecule has 2 aromatic rings. The Labute approximate surface area is 307 Å². The van der Waals surface area contributed by atoms with Crippen LogP contribution in [0.25, 0.3) is 5.57 Å². The Morgan fingerprint density at radius 3 is 2.20 bits per heavy atom. The molecule has 0 saturated heterocycles. The van der Waals surface area contributed by atoms with Crippen LogP contribution in [0.15, 0.2) is 55.4 Å². The zero-order valence-corrected chi connectivity index (χ0v) is 31.8. The number of hydrogen-bond donors (Lipinski definition) is 2. The van der Waals surface area contributed by atoms with Crippen LogP contribution in [0.3, 0.4) is 0 Å². The molecule has 2 N–H and O–H groups in total. The SMILES string of the molecule is C#C.C#C.C=CC.CC1(C)C(c2ccc(C(=O)O)cc2)=CC[C@@]2(C)C1CC[C@]1(C)C2CC[C@@H]2C3CCC[C@]3(NC(=O)Cn3ccnn3)CC[C@]21C. The van der Waals surface area contributed by atoms with Crippen molar-refractivity contribution in [2.24, 2.45) is 45.3 Å². The van der Waals surface area contributed by atoms with Crippen molar-refractivity contribution in [2.45, 2.75) is 118 Å². The van der Waals surface area contributed by atoms with Crippen molar-refractivity contribution in [3.8, 4) is 25.7 Å². The molecule has 3 unspecified atom stereocenters. The van der Waals surface area contributed by atoms with E-state index in [-0.39, 0.29) is 39.7 Å². The minimum absolute atomic E-state index is 0.0123. The van der Waals surface area contributed by atoms with Crippen molar-refractivity contribution < 1.29 is 14.7 Å². The third kappa shape index (κ3) is 6.59. The number of aromatic nitrogens is 3. The highest BCUT2D eigenvalue weighted by molar-refractivity contribution is 5.88. The van der Waals surface area contributed by atoms with E-state index in [1.807, 2.05) is 19.1 Å². The predicted octanol–water partition coefficient (Wildman–Crippen LogP) is 9.08. The normalized spacial score (nSPS) is 35.3. The van der Waals surface area contributed by atoms with Gasteiger partial charge < -0.3 is 10.4 Å². The van der Waals surface area contributed by atoms with Crippen LogP contribution in [0.5, 0.6) is 0 Å². The number of rotatable bonds is 5. The fourth-order valence-electron chi connectivity index (χ4n) is 12.5. The first kappa shape index (κ1) is 39.7. The number of nitrogens with zero attached hydrogens (tertiary/aromatic N) is 3. The van der Waals surface area contributed by atoms with E-state index < -0.39 is 5.97 Å². The number of carboxylic acid groups (broad SMARTS) is 1. The first-order valence-electron chi connectivity index (χ1n) is 18.7. The van der Waals surface area contributed by atoms with Crippen molar-refractivity contribution in [2.75, 3.05) is 0 Å². The topological polar surface area (TPSA) is 97.1 Å². The Kier molecular flexibility index (Phi) is 11.9. The lowest BCUT2D eigenvalue weighted by Crippen LogP contribution is -2.67. The molecule has 7 nitrogen and oxygen atoms in total. The largest absolute Gasteiger partial charge is 0.478 e. The first-order valence-corrected chi connectivity index (χ1v) is 18.7. The van der Waals surface area contributed by atoms with Crippen LogP contribution in [-0.2, 0) is 11.3 Å². The molecule has 4 saturated carbocycles. The van der Waals surface area contributed by atoms with Crippen LogP contribution >= 0.6 is 0 Å². The van der Waals surface area contributed by atoms with Crippen molar-refractivity contribution in [1.29, 1.82) is 0 Å². The monoisotopic (exact) mass is 692 g/mol. The maximum Gasteiger partial charge on any atom is 0.335 e. The molecule has 5 aliphatic carbocycles. The zero-order chi connectivity index (χ0) is 37.8. The molecule has 7 heteroatoms. The number of hydrogen-bond acceptors (Lipinski definition) is 4. The van der Waals surface area contributed by atoms with Gasteiger partial charge in [0.2, 0.25) is 5.91 Å². The summed E-state index contributed by atoms with van der Waals surface area (Å²) >= 11 is 0. The van der Waals surface area contributed by atoms with Gasteiger partial charge in [-0.2, -0.15) is 0 Å². The molecule has 4 fully saturated rings. The molecular formula is C44H60N4O3. The maximum absolute atomic E-state index is 13.3. The number of aromatic carboxylic acids is 1. The van der Waals surface area contributed by atoms with Gasteiger partial charge in [0, 0.05) is 11.7 Å². The molecule has 5 aliphatic rings. The maximum atomic E-state index is 13.3. The predicted molar refractivity (Wildman–Crippen MR) is 206 cm³/mol. The Morgan fingerprint density at radius 2 is 1.59 bits per heavy atom. The van der Waals surface area contributed by atoms with E-state index in [4.69, 9.17) is 0 Å². The minimum Gasteiger partial charge on any atom is -0.478 e. The first-order chi connectivity index (χ1) is 24.3. The summed E-state index contributed by atoms with van der Waals surface area (Å²) in [7, 11) is 0. The quantitative estimate of drug-likeness (QED) is 0.241. The van der Waals surface area contributed by atoms with E-state index in [1.54, 1.807) is 35.3 Å². The molecule has 8 atom stereocenters. The Bertz CT molecular complexity index is 1610. The second-order valence-corrected chi connectivity index (χ2v) is 16.8. The number of nitrogens with one attached hydrogen (secondary N) is 1. The van der Waals surface area contributed by atoms with Crippen LogP contribution < -0.4 is 5.32 Å². The van der Waals surface area contributed by atoms with Gasteiger partial charge in [0.05, 0.1) is 11.8 Å². The van der Waals surface area contributed by atoms with E-state index in [1.165, 1.54) is 56.1 Å². The smallest absolute Gasteiger partial charge is 0.335 e. The van der Waals surface area contributed by atoms with Gasteiger partial charge in [-0.3, -0.25) is 4.79 Å². The van der Waals surface area contributed by atoms with Gasteiger partial charge in [-0.25, -0.2) is 9.48 Å². The zero-order valence-electron chi connectivity index (χ0n) is 31.8. The molecule has 1 aromatic heterocycles. The second-order valence-electron chi connectivity index (χ2n) is 16.8. The van der Waals surface area contributed by atoms with Gasteiger partial charge in [-0.05, 0) is 133 Å². The highest BCUT2D eigenvalue weighted by atomic mass is 16.4. The van der Waals surface area contributed by atoms with Crippen molar-refractivity contribution in [1.82, 2.24) is 20.3 Å². The second kappa shape index (κ2) is 15.2. The Balaban J connectivity index is 0.000000780. The minimum atomic E-state index is -0.872. The van der Waals surface area contributed by atoms with Gasteiger partial charge >= 0.3 is 5.97 Å². The fourth-order valence-corrected chi connectivity index (χ4v) is 12.5. The Hall–Kier alpha value is -4.10. The summed E-state index contributed by atoms with van der Waals surface area (Å²) < 4.78 is 1.63. The van der Waals surface area contributed by atoms with E-state index in [2.05, 4.69) is 88.6 Å². The number of carboxylic acids is 1. The molecule has 0 aliphatic heterocycles. The van der Waals surface area contributed by atoms with Gasteiger partial charge in [0.1, 0.15) is 6.54 Å². The lowest BCUT2D eigenvalue weighted by atomic mass is 9.33. The summed E-state index contributed by atoms with van der Waals surface area (Å²) in [5, 5.41) is 20.9. The van der Waals surface area contributed by atoms with Gasteiger partial charge in [-0.15, -0.1) is 37.4 Å². The number of carbonyl (C=O) groups excluding carboxylic acids is 1. The fraction of sp³-hybridized carbons (Fsp3) is 0.591. The average Bonchev–Trinajstić information content (AvgIpc) is 3.77. The summed E-state index contributed by atoms with van der Waals surface area (Å²) in [5.74, 6) is 1.64. The lowest BCUT2D eigenvalue weighted by molar-refractivity contribution is -0.217. The van der Waals surface area contributed by atoms with Crippen molar-refractivity contribution in [3.05, 3.63) is 66.5 Å². The molecule has 7 rings (SSSR count). The molecule has 274 valence electrons. The van der Waals surface area contributed by atoms with Crippen LogP contribution in [0.1, 0.15) is 122 Å². The number of fused-ring (bicyclic) bond motifs is 7. The van der Waals surface area contributed by atoms with Crippen molar-refractivity contribution >= 4 is 17.4 Å². The van der Waals surface area contributed by atoms with E-state index in [0.29, 0.717) is 29.2 Å². The van der Waals surface area contributed by atoms with Crippen molar-refractivity contribution in [3.63, 3.8) is 0 Å². The van der Waals surface area contributed by atoms with E-state index in [0.717, 1.165) is 19.3 Å². The summed E-state index contributed by atoms with van der Waals surface area (Å²) in [5.41, 5.74) is 3.60. The molecule has 0 bridgehead atoms. The molecule has 1 heterocycles. The standard InChI is InChI=1S/C37H50N4O3.C3H6.2C2H2/c1-33(2)26(24-8-10-25(11-9-24)32(43)44)14-17-34(3)29(33)15-18-36(5)30(34)13-12-27-28-7-6-16-37(28,20-19-35(27,36)4)39-31(42)23-41-22-21-38-40-41;1-3-2;2*1-2/h8-11,14,21-22,27-30H,6-7,12-13,15-20,23H2,1-5H3,(H,39,42)(H,43,44);3H,1H2,2H3;2*1-2H/t27-,28?,29?,30?,34+,35-,36-,37+;;;/m1.../s1. The number of allylic oxidation sites excluding steroid dienone is 3. The Morgan fingerprint density at radius 1 is 0.922 bits per heavy atom. The van der Waals surface area contributed by atoms with Gasteiger partial charge in [-0.1, -0.05) is 70.5 Å². The van der Waals surface area contributed by atoms with Crippen LogP contribution in [0.2, 0.25) is 0 Å². The lowest BCUT2D eigenvalue weighted by Gasteiger charge is -2.72. The highest BCUT2D eigenvalue weighted by Crippen LogP contribution is 2.76. The average molecular weight is 693 g/mol. The van der Waals surface area contributed by atoms with E-state index in [9.17, 15) is 14.7 Å². The van der Waals surface area contributed by atoms with Crippen LogP contribution in [0.4, 0.5) is 0 Å². The summed E-state index contributed by atoms with van der Waals surface area (Å²) in [6.45, 7) is 18.3. The number of carbonyl (C=O) groups is 2. The summed E-state index contributed by atoms with van der Waals surface area (Å²) in [4.78, 5) is 24.7. The molecule has 51 heavy (non-hydrogen) atoms. The molecule has 0 spiro atoms. The number of terminal acetylenes is 2. The summed E-state index contributed by atoms with van der Waals surface area (Å²) in [6.07, 6.45) is 35.6. The van der Waals surface area contributed by atoms with E-state index >= 15 is 0 Å². The molecule has 0 radical (unpaired) electrons. The van der Waals surface area contributed by atoms with Crippen LogP contribution in [-0.4, -0.2) is 37.5 Å². The molecule has 1 aromatic carbocycles. The number of amides is 1. The molecule has 1 amide bonds. The third-order valence-electron chi connectivity index (χ3n) is 14.5. The summed E-state index contributed by atoms with van der Waals surface area (Å²) in [6, 6.07) is 7.54. The van der Waals surface area contributed by atoms with Crippen LogP contribution in [0, 0.1) is 71.0 Å². The number of benzene rings is 1. The van der Waals surface area contributed by atoms with Gasteiger partial charge in [0.25, 0.3) is 0 Å². The third-order valence-corrected chi connectivity index (χ3v) is 14.5. The van der Waals surface area contributed by atoms with Gasteiger partial charge in [0.15, 0.2) is 0 Å². The highest BCUT2D eigenvalue weighted by Gasteiger charge is 2.69. The molecular weight excluding hydrogens is 633 g/mol.